The summed E-state index contributed by atoms with van der Waals surface area (Å²) in [5, 5.41) is 3.40. The van der Waals surface area contributed by atoms with Crippen molar-refractivity contribution in [2.75, 3.05) is 13.2 Å². The lowest BCUT2D eigenvalue weighted by Crippen LogP contribution is -2.30. The van der Waals surface area contributed by atoms with Crippen LogP contribution in [0.25, 0.3) is 0 Å². The second-order valence-electron chi connectivity index (χ2n) is 4.92. The molecular weight excluding hydrogens is 217 g/mol. The summed E-state index contributed by atoms with van der Waals surface area (Å²) in [6.07, 6.45) is 0.904. The van der Waals surface area contributed by atoms with Crippen molar-refractivity contribution in [2.45, 2.75) is 32.4 Å². The van der Waals surface area contributed by atoms with Crippen LogP contribution in [0.15, 0.2) is 24.3 Å². The highest BCUT2D eigenvalue weighted by atomic mass is 19.1. The fraction of sp³-hybridized carbons (Fsp3) is 0.571. The second kappa shape index (κ2) is 5.61. The number of hydrogen-bond acceptors (Lipinski definition) is 2. The Balaban J connectivity index is 2.07. The van der Waals surface area contributed by atoms with Gasteiger partial charge in [-0.2, -0.15) is 0 Å². The fourth-order valence-electron chi connectivity index (χ4n) is 2.28. The van der Waals surface area contributed by atoms with E-state index in [2.05, 4.69) is 19.2 Å². The minimum absolute atomic E-state index is 0.0950. The standard InChI is InChI=1S/C14H20FNO/c1-10(2)16-9-11-7-8-17-14(11)12-5-3-4-6-13(12)15/h3-6,10-11,14,16H,7-9H2,1-2H3. The van der Waals surface area contributed by atoms with Gasteiger partial charge in [0.1, 0.15) is 5.82 Å². The van der Waals surface area contributed by atoms with Crippen LogP contribution in [-0.2, 0) is 4.74 Å². The van der Waals surface area contributed by atoms with Crippen LogP contribution in [0.3, 0.4) is 0 Å². The van der Waals surface area contributed by atoms with Crippen LogP contribution in [0.2, 0.25) is 0 Å². The Morgan fingerprint density at radius 3 is 2.88 bits per heavy atom. The largest absolute Gasteiger partial charge is 0.373 e. The van der Waals surface area contributed by atoms with Crippen LogP contribution in [0.5, 0.6) is 0 Å². The van der Waals surface area contributed by atoms with Gasteiger partial charge < -0.3 is 10.1 Å². The number of halogens is 1. The Labute approximate surface area is 102 Å². The van der Waals surface area contributed by atoms with Crippen molar-refractivity contribution >= 4 is 0 Å². The summed E-state index contributed by atoms with van der Waals surface area (Å²) in [6, 6.07) is 7.37. The van der Waals surface area contributed by atoms with Gasteiger partial charge in [0.2, 0.25) is 0 Å². The first kappa shape index (κ1) is 12.5. The van der Waals surface area contributed by atoms with Crippen LogP contribution >= 0.6 is 0 Å². The highest BCUT2D eigenvalue weighted by molar-refractivity contribution is 5.21. The van der Waals surface area contributed by atoms with E-state index in [0.29, 0.717) is 17.5 Å². The summed E-state index contributed by atoms with van der Waals surface area (Å²) in [5.41, 5.74) is 0.695. The number of nitrogens with one attached hydrogen (secondary N) is 1. The SMILES string of the molecule is CC(C)NCC1CCOC1c1ccccc1F. The van der Waals surface area contributed by atoms with E-state index < -0.39 is 0 Å². The average molecular weight is 237 g/mol. The van der Waals surface area contributed by atoms with Gasteiger partial charge >= 0.3 is 0 Å². The summed E-state index contributed by atoms with van der Waals surface area (Å²) < 4.78 is 19.4. The zero-order valence-corrected chi connectivity index (χ0v) is 10.4. The predicted molar refractivity (Wildman–Crippen MR) is 66.3 cm³/mol. The molecule has 2 unspecified atom stereocenters. The molecule has 0 spiro atoms. The van der Waals surface area contributed by atoms with E-state index in [0.717, 1.165) is 19.6 Å². The summed E-state index contributed by atoms with van der Waals surface area (Å²) in [4.78, 5) is 0. The molecule has 1 aromatic rings. The molecule has 2 rings (SSSR count). The molecule has 17 heavy (non-hydrogen) atoms. The third-order valence-corrected chi connectivity index (χ3v) is 3.21. The average Bonchev–Trinajstić information content (AvgIpc) is 2.75. The number of hydrogen-bond donors (Lipinski definition) is 1. The molecule has 2 nitrogen and oxygen atoms in total. The van der Waals surface area contributed by atoms with Gasteiger partial charge in [0.05, 0.1) is 6.10 Å². The van der Waals surface area contributed by atoms with Crippen molar-refractivity contribution in [1.29, 1.82) is 0 Å². The third-order valence-electron chi connectivity index (χ3n) is 3.21. The van der Waals surface area contributed by atoms with Crippen LogP contribution in [-0.4, -0.2) is 19.2 Å². The topological polar surface area (TPSA) is 21.3 Å². The lowest BCUT2D eigenvalue weighted by molar-refractivity contribution is 0.0870. The van der Waals surface area contributed by atoms with Crippen molar-refractivity contribution < 1.29 is 9.13 Å². The first-order chi connectivity index (χ1) is 8.18. The van der Waals surface area contributed by atoms with Crippen LogP contribution in [0.1, 0.15) is 31.9 Å². The van der Waals surface area contributed by atoms with E-state index in [9.17, 15) is 4.39 Å². The molecule has 1 saturated heterocycles. The highest BCUT2D eigenvalue weighted by Gasteiger charge is 2.31. The molecule has 1 aliphatic rings. The quantitative estimate of drug-likeness (QED) is 0.869. The zero-order chi connectivity index (χ0) is 12.3. The lowest BCUT2D eigenvalue weighted by atomic mass is 9.94. The van der Waals surface area contributed by atoms with Gasteiger partial charge in [0.15, 0.2) is 0 Å². The Kier molecular flexibility index (Phi) is 4.13. The van der Waals surface area contributed by atoms with E-state index in [4.69, 9.17) is 4.74 Å². The smallest absolute Gasteiger partial charge is 0.129 e. The highest BCUT2D eigenvalue weighted by Crippen LogP contribution is 2.35. The maximum absolute atomic E-state index is 13.7. The summed E-state index contributed by atoms with van der Waals surface area (Å²) in [6.45, 7) is 5.85. The summed E-state index contributed by atoms with van der Waals surface area (Å²) in [5.74, 6) is 0.211. The number of benzene rings is 1. The monoisotopic (exact) mass is 237 g/mol. The van der Waals surface area contributed by atoms with Crippen LogP contribution in [0.4, 0.5) is 4.39 Å². The Morgan fingerprint density at radius 2 is 2.18 bits per heavy atom. The molecule has 0 aliphatic carbocycles. The van der Waals surface area contributed by atoms with E-state index in [1.807, 2.05) is 12.1 Å². The molecule has 3 heteroatoms. The fourth-order valence-corrected chi connectivity index (χ4v) is 2.28. The van der Waals surface area contributed by atoms with Gasteiger partial charge in [-0.25, -0.2) is 4.39 Å². The van der Waals surface area contributed by atoms with Crippen molar-refractivity contribution in [3.8, 4) is 0 Å². The van der Waals surface area contributed by atoms with Gasteiger partial charge in [-0.3, -0.25) is 0 Å². The van der Waals surface area contributed by atoms with E-state index in [-0.39, 0.29) is 11.9 Å². The van der Waals surface area contributed by atoms with Crippen LogP contribution in [0, 0.1) is 11.7 Å². The van der Waals surface area contributed by atoms with Crippen LogP contribution < -0.4 is 5.32 Å². The molecule has 0 aromatic heterocycles. The summed E-state index contributed by atoms with van der Waals surface area (Å²) >= 11 is 0. The Hall–Kier alpha value is -0.930. The molecule has 1 fully saturated rings. The molecule has 94 valence electrons. The minimum Gasteiger partial charge on any atom is -0.373 e. The number of ether oxygens (including phenoxy) is 1. The molecule has 1 aliphatic heterocycles. The van der Waals surface area contributed by atoms with Gasteiger partial charge in [0, 0.05) is 30.7 Å². The molecule has 0 amide bonds. The van der Waals surface area contributed by atoms with Gasteiger partial charge in [-0.15, -0.1) is 0 Å². The Bertz CT molecular complexity index is 367. The number of rotatable bonds is 4. The first-order valence-electron chi connectivity index (χ1n) is 6.28. The van der Waals surface area contributed by atoms with Gasteiger partial charge in [-0.1, -0.05) is 32.0 Å². The maximum Gasteiger partial charge on any atom is 0.129 e. The van der Waals surface area contributed by atoms with E-state index >= 15 is 0 Å². The van der Waals surface area contributed by atoms with E-state index in [1.165, 1.54) is 6.07 Å². The van der Waals surface area contributed by atoms with Crippen molar-refractivity contribution in [3.63, 3.8) is 0 Å². The minimum atomic E-state index is -0.158. The maximum atomic E-state index is 13.7. The van der Waals surface area contributed by atoms with Crippen molar-refractivity contribution in [3.05, 3.63) is 35.6 Å². The molecular formula is C14H20FNO. The molecule has 2 atom stereocenters. The normalized spacial score (nSPS) is 24.5. The second-order valence-corrected chi connectivity index (χ2v) is 4.92. The molecule has 0 bridgehead atoms. The summed E-state index contributed by atoms with van der Waals surface area (Å²) in [7, 11) is 0. The van der Waals surface area contributed by atoms with Crippen molar-refractivity contribution in [2.24, 2.45) is 5.92 Å². The van der Waals surface area contributed by atoms with Gasteiger partial charge in [-0.05, 0) is 12.5 Å². The van der Waals surface area contributed by atoms with Crippen molar-refractivity contribution in [1.82, 2.24) is 5.32 Å². The van der Waals surface area contributed by atoms with Gasteiger partial charge in [0.25, 0.3) is 0 Å². The Morgan fingerprint density at radius 1 is 1.41 bits per heavy atom. The molecule has 1 heterocycles. The molecule has 1 aromatic carbocycles. The molecule has 0 saturated carbocycles. The predicted octanol–water partition coefficient (Wildman–Crippen LogP) is 2.90. The molecule has 1 N–H and O–H groups in total. The molecule has 0 radical (unpaired) electrons. The van der Waals surface area contributed by atoms with E-state index in [1.54, 1.807) is 6.07 Å². The first-order valence-corrected chi connectivity index (χ1v) is 6.28. The third kappa shape index (κ3) is 3.05. The lowest BCUT2D eigenvalue weighted by Gasteiger charge is -2.21. The zero-order valence-electron chi connectivity index (χ0n) is 10.4.